The molecule has 0 aromatic carbocycles. The molecule has 0 bridgehead atoms. The molecular formula is C12H21NO4. The Labute approximate surface area is 102 Å². The number of hydrogen-bond donors (Lipinski definition) is 2. The molecule has 0 aromatic heterocycles. The average Bonchev–Trinajstić information content (AvgIpc) is 2.14. The van der Waals surface area contributed by atoms with Crippen molar-refractivity contribution in [1.82, 2.24) is 5.32 Å². The largest absolute Gasteiger partial charge is 0.481 e. The molecule has 2 atom stereocenters. The lowest BCUT2D eigenvalue weighted by atomic mass is 9.88. The average molecular weight is 243 g/mol. The van der Waals surface area contributed by atoms with Crippen LogP contribution in [0.3, 0.4) is 0 Å². The molecule has 0 spiro atoms. The van der Waals surface area contributed by atoms with Crippen LogP contribution in [0, 0.1) is 11.8 Å². The minimum atomic E-state index is -0.800. The van der Waals surface area contributed by atoms with Gasteiger partial charge >= 0.3 is 11.9 Å². The molecule has 2 unspecified atom stereocenters. The van der Waals surface area contributed by atoms with Crippen LogP contribution in [0.1, 0.15) is 33.6 Å². The van der Waals surface area contributed by atoms with Gasteiger partial charge in [-0.15, -0.1) is 0 Å². The molecule has 1 saturated heterocycles. The van der Waals surface area contributed by atoms with Crippen molar-refractivity contribution in [2.45, 2.75) is 39.2 Å². The number of carbonyl (C=O) groups is 2. The van der Waals surface area contributed by atoms with E-state index in [0.717, 1.165) is 0 Å². The number of hydrogen-bond acceptors (Lipinski definition) is 4. The van der Waals surface area contributed by atoms with E-state index < -0.39 is 17.5 Å². The summed E-state index contributed by atoms with van der Waals surface area (Å²) in [6.07, 6.45) is 0.829. The summed E-state index contributed by atoms with van der Waals surface area (Å²) in [7, 11) is 0. The van der Waals surface area contributed by atoms with Crippen molar-refractivity contribution in [2.75, 3.05) is 13.1 Å². The summed E-state index contributed by atoms with van der Waals surface area (Å²) in [4.78, 5) is 22.5. The lowest BCUT2D eigenvalue weighted by Crippen LogP contribution is -2.41. The van der Waals surface area contributed by atoms with Crippen molar-refractivity contribution >= 4 is 11.9 Å². The summed E-state index contributed by atoms with van der Waals surface area (Å²) in [6, 6.07) is 0. The molecule has 0 amide bonds. The Kier molecular flexibility index (Phi) is 4.51. The van der Waals surface area contributed by atoms with Crippen LogP contribution in [-0.2, 0) is 14.3 Å². The molecule has 0 radical (unpaired) electrons. The number of carbonyl (C=O) groups excluding carboxylic acids is 1. The van der Waals surface area contributed by atoms with Gasteiger partial charge in [-0.05, 0) is 39.7 Å². The second kappa shape index (κ2) is 5.49. The van der Waals surface area contributed by atoms with Gasteiger partial charge in [0.15, 0.2) is 0 Å². The Morgan fingerprint density at radius 2 is 2.00 bits per heavy atom. The second-order valence-corrected chi connectivity index (χ2v) is 5.59. The first kappa shape index (κ1) is 14.0. The summed E-state index contributed by atoms with van der Waals surface area (Å²) in [5.41, 5.74) is -0.481. The van der Waals surface area contributed by atoms with Crippen LogP contribution >= 0.6 is 0 Å². The predicted octanol–water partition coefficient (Wildman–Crippen LogP) is 1.03. The van der Waals surface area contributed by atoms with E-state index in [4.69, 9.17) is 9.84 Å². The van der Waals surface area contributed by atoms with Crippen LogP contribution in [-0.4, -0.2) is 35.7 Å². The van der Waals surface area contributed by atoms with Gasteiger partial charge in [0.25, 0.3) is 0 Å². The Morgan fingerprint density at radius 1 is 1.35 bits per heavy atom. The topological polar surface area (TPSA) is 75.6 Å². The molecule has 0 aliphatic carbocycles. The van der Waals surface area contributed by atoms with E-state index in [9.17, 15) is 9.59 Å². The molecule has 17 heavy (non-hydrogen) atoms. The molecule has 98 valence electrons. The number of esters is 1. The van der Waals surface area contributed by atoms with Gasteiger partial charge < -0.3 is 15.2 Å². The van der Waals surface area contributed by atoms with Gasteiger partial charge in [0.1, 0.15) is 5.60 Å². The molecule has 5 heteroatoms. The van der Waals surface area contributed by atoms with Gasteiger partial charge in [0.05, 0.1) is 5.92 Å². The highest BCUT2D eigenvalue weighted by atomic mass is 16.6. The standard InChI is InChI=1S/C12H21NO4/c1-12(2,3)17-10(14)5-8-4-9(11(15)16)7-13-6-8/h8-9,13H,4-7H2,1-3H3,(H,15,16). The van der Waals surface area contributed by atoms with E-state index in [1.165, 1.54) is 0 Å². The van der Waals surface area contributed by atoms with Crippen molar-refractivity contribution in [2.24, 2.45) is 11.8 Å². The minimum absolute atomic E-state index is 0.0553. The third kappa shape index (κ3) is 5.17. The lowest BCUT2D eigenvalue weighted by molar-refractivity contribution is -0.157. The molecule has 1 fully saturated rings. The Morgan fingerprint density at radius 3 is 2.53 bits per heavy atom. The molecule has 0 aromatic rings. The van der Waals surface area contributed by atoms with Gasteiger partial charge in [-0.1, -0.05) is 0 Å². The first-order chi connectivity index (χ1) is 7.78. The Hall–Kier alpha value is -1.10. The number of carboxylic acid groups (broad SMARTS) is 1. The van der Waals surface area contributed by atoms with E-state index in [1.807, 2.05) is 20.8 Å². The maximum atomic E-state index is 11.6. The number of aliphatic carboxylic acids is 1. The molecule has 5 nitrogen and oxygen atoms in total. The maximum Gasteiger partial charge on any atom is 0.307 e. The van der Waals surface area contributed by atoms with Crippen molar-refractivity contribution in [3.8, 4) is 0 Å². The van der Waals surface area contributed by atoms with Gasteiger partial charge in [-0.3, -0.25) is 9.59 Å². The van der Waals surface area contributed by atoms with Crippen molar-refractivity contribution in [3.63, 3.8) is 0 Å². The molecular weight excluding hydrogens is 222 g/mol. The predicted molar refractivity (Wildman–Crippen MR) is 62.6 cm³/mol. The SMILES string of the molecule is CC(C)(C)OC(=O)CC1CNCC(C(=O)O)C1. The minimum Gasteiger partial charge on any atom is -0.481 e. The van der Waals surface area contributed by atoms with Gasteiger partial charge in [0.2, 0.25) is 0 Å². The first-order valence-electron chi connectivity index (χ1n) is 5.93. The highest BCUT2D eigenvalue weighted by Crippen LogP contribution is 2.21. The van der Waals surface area contributed by atoms with E-state index in [1.54, 1.807) is 0 Å². The van der Waals surface area contributed by atoms with E-state index >= 15 is 0 Å². The van der Waals surface area contributed by atoms with Crippen LogP contribution in [0.25, 0.3) is 0 Å². The fraction of sp³-hybridized carbons (Fsp3) is 0.833. The smallest absolute Gasteiger partial charge is 0.307 e. The molecule has 1 heterocycles. The normalized spacial score (nSPS) is 25.4. The number of carboxylic acids is 1. The summed E-state index contributed by atoms with van der Waals surface area (Å²) in [6.45, 7) is 6.64. The zero-order chi connectivity index (χ0) is 13.1. The molecule has 1 aliphatic rings. The van der Waals surface area contributed by atoms with Crippen LogP contribution in [0.2, 0.25) is 0 Å². The Bertz CT molecular complexity index is 295. The highest BCUT2D eigenvalue weighted by Gasteiger charge is 2.29. The summed E-state index contributed by atoms with van der Waals surface area (Å²) < 4.78 is 5.22. The summed E-state index contributed by atoms with van der Waals surface area (Å²) in [5.74, 6) is -1.39. The molecule has 1 aliphatic heterocycles. The zero-order valence-corrected chi connectivity index (χ0v) is 10.7. The van der Waals surface area contributed by atoms with Gasteiger partial charge in [-0.2, -0.15) is 0 Å². The van der Waals surface area contributed by atoms with Crippen LogP contribution in [0.4, 0.5) is 0 Å². The van der Waals surface area contributed by atoms with Crippen LogP contribution in [0.15, 0.2) is 0 Å². The monoisotopic (exact) mass is 243 g/mol. The van der Waals surface area contributed by atoms with Crippen molar-refractivity contribution < 1.29 is 19.4 Å². The molecule has 0 saturated carbocycles. The van der Waals surface area contributed by atoms with E-state index in [2.05, 4.69) is 5.32 Å². The number of piperidine rings is 1. The van der Waals surface area contributed by atoms with Crippen LogP contribution in [0.5, 0.6) is 0 Å². The van der Waals surface area contributed by atoms with Crippen molar-refractivity contribution in [3.05, 3.63) is 0 Å². The molecule has 1 rings (SSSR count). The summed E-state index contributed by atoms with van der Waals surface area (Å²) >= 11 is 0. The number of rotatable bonds is 3. The van der Waals surface area contributed by atoms with Gasteiger partial charge in [0, 0.05) is 13.0 Å². The second-order valence-electron chi connectivity index (χ2n) is 5.59. The lowest BCUT2D eigenvalue weighted by Gasteiger charge is -2.28. The number of nitrogens with one attached hydrogen (secondary N) is 1. The summed E-state index contributed by atoms with van der Waals surface area (Å²) in [5, 5.41) is 12.0. The van der Waals surface area contributed by atoms with Gasteiger partial charge in [-0.25, -0.2) is 0 Å². The first-order valence-corrected chi connectivity index (χ1v) is 5.93. The molecule has 2 N–H and O–H groups in total. The van der Waals surface area contributed by atoms with E-state index in [0.29, 0.717) is 19.5 Å². The highest BCUT2D eigenvalue weighted by molar-refractivity contribution is 5.72. The van der Waals surface area contributed by atoms with Crippen molar-refractivity contribution in [1.29, 1.82) is 0 Å². The third-order valence-corrected chi connectivity index (χ3v) is 2.67. The maximum absolute atomic E-state index is 11.6. The third-order valence-electron chi connectivity index (χ3n) is 2.67. The van der Waals surface area contributed by atoms with Crippen LogP contribution < -0.4 is 5.32 Å². The zero-order valence-electron chi connectivity index (χ0n) is 10.7. The number of ether oxygens (including phenoxy) is 1. The fourth-order valence-corrected chi connectivity index (χ4v) is 1.99. The van der Waals surface area contributed by atoms with E-state index in [-0.39, 0.29) is 18.3 Å². The fourth-order valence-electron chi connectivity index (χ4n) is 1.99. The quantitative estimate of drug-likeness (QED) is 0.724. The Balaban J connectivity index is 2.41.